The van der Waals surface area contributed by atoms with Crippen molar-refractivity contribution in [3.63, 3.8) is 0 Å². The quantitative estimate of drug-likeness (QED) is 0.749. The summed E-state index contributed by atoms with van der Waals surface area (Å²) in [6, 6.07) is 9.83. The number of Topliss-reactive ketones (excluding diaryl/α,β-unsaturated/α-hetero) is 1. The normalized spacial score (nSPS) is 29.2. The molecule has 1 aromatic heterocycles. The summed E-state index contributed by atoms with van der Waals surface area (Å²) in [7, 11) is 0. The van der Waals surface area contributed by atoms with E-state index in [9.17, 15) is 4.79 Å². The highest BCUT2D eigenvalue weighted by molar-refractivity contribution is 6.02. The van der Waals surface area contributed by atoms with Gasteiger partial charge in [-0.15, -0.1) is 0 Å². The first-order chi connectivity index (χ1) is 8.84. The average Bonchev–Trinajstić information content (AvgIpc) is 2.90. The largest absolute Gasteiger partial charge is 0.294 e. The van der Waals surface area contributed by atoms with Crippen LogP contribution in [0.1, 0.15) is 29.6 Å². The number of nitrogens with zero attached hydrogens (tertiary/aromatic N) is 1. The van der Waals surface area contributed by atoms with Gasteiger partial charge in [0.15, 0.2) is 5.78 Å². The fourth-order valence-corrected chi connectivity index (χ4v) is 3.63. The maximum Gasteiger partial charge on any atom is 0.166 e. The molecular weight excluding hydrogens is 222 g/mol. The molecule has 0 radical (unpaired) electrons. The van der Waals surface area contributed by atoms with E-state index < -0.39 is 0 Å². The Hall–Kier alpha value is -1.70. The molecule has 18 heavy (non-hydrogen) atoms. The second-order valence-corrected chi connectivity index (χ2v) is 5.56. The molecule has 0 spiro atoms. The van der Waals surface area contributed by atoms with Crippen molar-refractivity contribution >= 4 is 16.7 Å². The summed E-state index contributed by atoms with van der Waals surface area (Å²) in [6.45, 7) is 0. The van der Waals surface area contributed by atoms with Crippen molar-refractivity contribution in [2.45, 2.75) is 19.3 Å². The molecule has 2 saturated carbocycles. The third-order valence-corrected chi connectivity index (χ3v) is 4.60. The molecule has 1 aromatic carbocycles. The zero-order valence-corrected chi connectivity index (χ0v) is 10.2. The Kier molecular flexibility index (Phi) is 2.07. The smallest absolute Gasteiger partial charge is 0.166 e. The molecular formula is C16H15NO. The minimum absolute atomic E-state index is 0.327. The van der Waals surface area contributed by atoms with E-state index >= 15 is 0 Å². The molecule has 2 heteroatoms. The average molecular weight is 237 g/mol. The van der Waals surface area contributed by atoms with E-state index in [4.69, 9.17) is 0 Å². The number of aromatic nitrogens is 1. The maximum absolute atomic E-state index is 12.4. The van der Waals surface area contributed by atoms with Crippen LogP contribution in [0, 0.1) is 17.8 Å². The molecule has 2 aromatic rings. The second kappa shape index (κ2) is 3.64. The Labute approximate surface area is 106 Å². The Morgan fingerprint density at radius 3 is 2.83 bits per heavy atom. The fraction of sp³-hybridized carbons (Fsp3) is 0.375. The highest BCUT2D eigenvalue weighted by Crippen LogP contribution is 2.58. The van der Waals surface area contributed by atoms with Crippen LogP contribution in [0.15, 0.2) is 36.5 Å². The van der Waals surface area contributed by atoms with Crippen molar-refractivity contribution in [3.8, 4) is 0 Å². The number of hydrogen-bond acceptors (Lipinski definition) is 2. The van der Waals surface area contributed by atoms with E-state index in [1.165, 1.54) is 19.3 Å². The number of benzene rings is 1. The number of hydrogen-bond donors (Lipinski definition) is 0. The van der Waals surface area contributed by atoms with Gasteiger partial charge in [0.2, 0.25) is 0 Å². The number of rotatable bonds is 2. The molecule has 0 N–H and O–H groups in total. The summed E-state index contributed by atoms with van der Waals surface area (Å²) in [5.41, 5.74) is 1.83. The third-order valence-electron chi connectivity index (χ3n) is 4.60. The van der Waals surface area contributed by atoms with Gasteiger partial charge >= 0.3 is 0 Å². The first kappa shape index (κ1) is 10.2. The van der Waals surface area contributed by atoms with Crippen molar-refractivity contribution < 1.29 is 4.79 Å². The van der Waals surface area contributed by atoms with Crippen LogP contribution in [-0.4, -0.2) is 10.8 Å². The molecule has 90 valence electrons. The minimum atomic E-state index is 0.327. The number of pyridine rings is 1. The number of carbonyl (C=O) groups excluding carboxylic acids is 1. The predicted molar refractivity (Wildman–Crippen MR) is 70.4 cm³/mol. The van der Waals surface area contributed by atoms with Gasteiger partial charge in [0.1, 0.15) is 0 Å². The lowest BCUT2D eigenvalue weighted by Crippen LogP contribution is -2.06. The van der Waals surface area contributed by atoms with Crippen LogP contribution in [0.3, 0.4) is 0 Å². The third kappa shape index (κ3) is 1.41. The standard InChI is InChI=1S/C16H15NO/c18-16(15-12-4-1-5-13(12)15)11-6-7-14-10(9-11)3-2-8-17-14/h2-3,6-9,12-13,15H,1,4-5H2. The van der Waals surface area contributed by atoms with E-state index in [-0.39, 0.29) is 0 Å². The van der Waals surface area contributed by atoms with Gasteiger partial charge in [-0.25, -0.2) is 0 Å². The topological polar surface area (TPSA) is 30.0 Å². The fourth-order valence-electron chi connectivity index (χ4n) is 3.63. The Morgan fingerprint density at radius 2 is 2.00 bits per heavy atom. The summed E-state index contributed by atoms with van der Waals surface area (Å²) in [6.07, 6.45) is 5.63. The molecule has 0 bridgehead atoms. The molecule has 2 nitrogen and oxygen atoms in total. The predicted octanol–water partition coefficient (Wildman–Crippen LogP) is 3.46. The lowest BCUT2D eigenvalue weighted by Gasteiger charge is -2.04. The molecule has 0 saturated heterocycles. The minimum Gasteiger partial charge on any atom is -0.294 e. The van der Waals surface area contributed by atoms with E-state index in [0.717, 1.165) is 16.5 Å². The van der Waals surface area contributed by atoms with Crippen molar-refractivity contribution in [1.29, 1.82) is 0 Å². The molecule has 2 unspecified atom stereocenters. The van der Waals surface area contributed by atoms with Gasteiger partial charge in [-0.2, -0.15) is 0 Å². The summed E-state index contributed by atoms with van der Waals surface area (Å²) in [5.74, 6) is 2.08. The summed E-state index contributed by atoms with van der Waals surface area (Å²) in [4.78, 5) is 16.7. The summed E-state index contributed by atoms with van der Waals surface area (Å²) in [5, 5.41) is 1.06. The monoisotopic (exact) mass is 237 g/mol. The molecule has 2 aliphatic rings. The van der Waals surface area contributed by atoms with Gasteiger partial charge in [0.25, 0.3) is 0 Å². The Morgan fingerprint density at radius 1 is 1.17 bits per heavy atom. The SMILES string of the molecule is O=C(c1ccc2ncccc2c1)C1C2CCCC21. The maximum atomic E-state index is 12.4. The van der Waals surface area contributed by atoms with E-state index in [0.29, 0.717) is 23.5 Å². The highest BCUT2D eigenvalue weighted by atomic mass is 16.1. The Balaban J connectivity index is 1.68. The summed E-state index contributed by atoms with van der Waals surface area (Å²) >= 11 is 0. The first-order valence-electron chi connectivity index (χ1n) is 6.73. The van der Waals surface area contributed by atoms with Crippen LogP contribution in [-0.2, 0) is 0 Å². The van der Waals surface area contributed by atoms with Gasteiger partial charge in [-0.05, 0) is 48.9 Å². The van der Waals surface area contributed by atoms with E-state index in [1.807, 2.05) is 30.3 Å². The van der Waals surface area contributed by atoms with Crippen molar-refractivity contribution in [2.75, 3.05) is 0 Å². The lowest BCUT2D eigenvalue weighted by atomic mass is 10.00. The lowest BCUT2D eigenvalue weighted by molar-refractivity contribution is 0.0951. The van der Waals surface area contributed by atoms with Crippen LogP contribution in [0.25, 0.3) is 10.9 Å². The molecule has 4 rings (SSSR count). The molecule has 2 fully saturated rings. The zero-order valence-electron chi connectivity index (χ0n) is 10.2. The second-order valence-electron chi connectivity index (χ2n) is 5.56. The van der Waals surface area contributed by atoms with E-state index in [2.05, 4.69) is 4.98 Å². The number of fused-ring (bicyclic) bond motifs is 2. The molecule has 2 atom stereocenters. The van der Waals surface area contributed by atoms with Gasteiger partial charge in [-0.1, -0.05) is 12.5 Å². The van der Waals surface area contributed by atoms with Crippen LogP contribution in [0.2, 0.25) is 0 Å². The molecule has 0 amide bonds. The van der Waals surface area contributed by atoms with Crippen LogP contribution in [0.5, 0.6) is 0 Å². The van der Waals surface area contributed by atoms with Crippen molar-refractivity contribution in [3.05, 3.63) is 42.1 Å². The molecule has 2 aliphatic carbocycles. The van der Waals surface area contributed by atoms with Crippen LogP contribution >= 0.6 is 0 Å². The zero-order chi connectivity index (χ0) is 12.1. The molecule has 0 aliphatic heterocycles. The van der Waals surface area contributed by atoms with E-state index in [1.54, 1.807) is 6.20 Å². The summed E-state index contributed by atoms with van der Waals surface area (Å²) < 4.78 is 0. The molecule has 1 heterocycles. The van der Waals surface area contributed by atoms with Gasteiger partial charge in [0, 0.05) is 23.1 Å². The van der Waals surface area contributed by atoms with Crippen molar-refractivity contribution in [1.82, 2.24) is 4.98 Å². The van der Waals surface area contributed by atoms with Crippen LogP contribution in [0.4, 0.5) is 0 Å². The van der Waals surface area contributed by atoms with Crippen molar-refractivity contribution in [2.24, 2.45) is 17.8 Å². The van der Waals surface area contributed by atoms with Gasteiger partial charge in [-0.3, -0.25) is 9.78 Å². The number of ketones is 1. The number of carbonyl (C=O) groups is 1. The van der Waals surface area contributed by atoms with Crippen LogP contribution < -0.4 is 0 Å². The first-order valence-corrected chi connectivity index (χ1v) is 6.73. The highest BCUT2D eigenvalue weighted by Gasteiger charge is 2.56. The Bertz CT molecular complexity index is 624. The van der Waals surface area contributed by atoms with Gasteiger partial charge in [0.05, 0.1) is 5.52 Å². The van der Waals surface area contributed by atoms with Gasteiger partial charge < -0.3 is 0 Å².